The smallest absolute Gasteiger partial charge is 0.264 e. The van der Waals surface area contributed by atoms with E-state index in [0.717, 1.165) is 11.3 Å². The van der Waals surface area contributed by atoms with Gasteiger partial charge in [-0.1, -0.05) is 41.0 Å². The molecule has 7 nitrogen and oxygen atoms in total. The van der Waals surface area contributed by atoms with Crippen LogP contribution >= 0.6 is 11.6 Å². The summed E-state index contributed by atoms with van der Waals surface area (Å²) in [5.41, 5.74) is 1.68. The Morgan fingerprint density at radius 1 is 1.31 bits per heavy atom. The second kappa shape index (κ2) is 10.1. The maximum atomic E-state index is 12.3. The molecule has 2 atom stereocenters. The number of hydrogen-bond acceptors (Lipinski definition) is 6. The number of carbonyl (C=O) groups excluding carboxylic acids is 1. The fourth-order valence-electron chi connectivity index (χ4n) is 2.81. The summed E-state index contributed by atoms with van der Waals surface area (Å²) in [5, 5.41) is 17.4. The molecule has 2 aromatic rings. The molecule has 29 heavy (non-hydrogen) atoms. The van der Waals surface area contributed by atoms with Crippen LogP contribution in [-0.4, -0.2) is 49.2 Å². The van der Waals surface area contributed by atoms with Gasteiger partial charge in [-0.05, 0) is 23.8 Å². The van der Waals surface area contributed by atoms with E-state index in [0.29, 0.717) is 29.4 Å². The second-order valence-electron chi connectivity index (χ2n) is 6.61. The van der Waals surface area contributed by atoms with Crippen molar-refractivity contribution in [2.45, 2.75) is 25.0 Å². The van der Waals surface area contributed by atoms with Gasteiger partial charge in [0.15, 0.2) is 0 Å². The number of rotatable bonds is 9. The average Bonchev–Trinajstić information content (AvgIpc) is 3.21. The number of nitrogens with zero attached hydrogens (tertiary/aromatic N) is 1. The van der Waals surface area contributed by atoms with Crippen molar-refractivity contribution in [1.29, 1.82) is 0 Å². The third-order valence-electron chi connectivity index (χ3n) is 4.37. The third kappa shape index (κ3) is 6.10. The Kier molecular flexibility index (Phi) is 7.32. The van der Waals surface area contributed by atoms with Gasteiger partial charge < -0.3 is 24.7 Å². The normalized spacial score (nSPS) is 16.5. The fourth-order valence-corrected chi connectivity index (χ4v) is 3.01. The van der Waals surface area contributed by atoms with Gasteiger partial charge in [-0.2, -0.15) is 0 Å². The standard InChI is InChI=1S/C21H23ClN2O5/c1-27-17-6-4-7-18(11-17)28-13-16(25)12-23-21(26)20-10-15(24-29-20)9-14-5-2-3-8-19(14)22/h2-8,11,16,20,25H,9-10,12-13H2,1H3,(H,23,26)/t16-,20+/m0/s1. The third-order valence-corrected chi connectivity index (χ3v) is 4.74. The maximum Gasteiger partial charge on any atom is 0.264 e. The molecular formula is C21H23ClN2O5. The van der Waals surface area contributed by atoms with Crippen LogP contribution in [0.1, 0.15) is 12.0 Å². The first-order chi connectivity index (χ1) is 14.0. The Morgan fingerprint density at radius 3 is 2.90 bits per heavy atom. The highest BCUT2D eigenvalue weighted by atomic mass is 35.5. The van der Waals surface area contributed by atoms with Crippen LogP contribution in [0.15, 0.2) is 53.7 Å². The van der Waals surface area contributed by atoms with Crippen molar-refractivity contribution < 1.29 is 24.2 Å². The van der Waals surface area contributed by atoms with Gasteiger partial charge in [-0.3, -0.25) is 4.79 Å². The molecule has 0 fully saturated rings. The Morgan fingerprint density at radius 2 is 2.10 bits per heavy atom. The molecule has 1 amide bonds. The summed E-state index contributed by atoms with van der Waals surface area (Å²) in [5.74, 6) is 0.908. The van der Waals surface area contributed by atoms with Gasteiger partial charge in [0.05, 0.1) is 12.8 Å². The second-order valence-corrected chi connectivity index (χ2v) is 7.02. The Bertz CT molecular complexity index is 874. The molecular weight excluding hydrogens is 396 g/mol. The van der Waals surface area contributed by atoms with Crippen molar-refractivity contribution in [2.24, 2.45) is 5.16 Å². The van der Waals surface area contributed by atoms with E-state index in [1.54, 1.807) is 31.4 Å². The largest absolute Gasteiger partial charge is 0.497 e. The topological polar surface area (TPSA) is 89.4 Å². The number of benzene rings is 2. The minimum Gasteiger partial charge on any atom is -0.497 e. The van der Waals surface area contributed by atoms with Crippen molar-refractivity contribution in [3.63, 3.8) is 0 Å². The molecule has 0 unspecified atom stereocenters. The van der Waals surface area contributed by atoms with Crippen molar-refractivity contribution >= 4 is 23.2 Å². The molecule has 1 aliphatic heterocycles. The first-order valence-corrected chi connectivity index (χ1v) is 9.60. The van der Waals surface area contributed by atoms with Crippen LogP contribution in [0.5, 0.6) is 11.5 Å². The maximum absolute atomic E-state index is 12.3. The average molecular weight is 419 g/mol. The molecule has 1 heterocycles. The van der Waals surface area contributed by atoms with E-state index < -0.39 is 12.2 Å². The molecule has 0 bridgehead atoms. The van der Waals surface area contributed by atoms with E-state index in [1.807, 2.05) is 24.3 Å². The number of carbonyl (C=O) groups is 1. The van der Waals surface area contributed by atoms with Crippen LogP contribution in [0.3, 0.4) is 0 Å². The molecule has 1 aliphatic rings. The van der Waals surface area contributed by atoms with Gasteiger partial charge in [0, 0.05) is 30.5 Å². The first-order valence-electron chi connectivity index (χ1n) is 9.22. The van der Waals surface area contributed by atoms with E-state index in [1.165, 1.54) is 0 Å². The molecule has 0 aromatic heterocycles. The van der Waals surface area contributed by atoms with Crippen LogP contribution in [0.25, 0.3) is 0 Å². The Balaban J connectivity index is 1.39. The molecule has 0 saturated heterocycles. The quantitative estimate of drug-likeness (QED) is 0.653. The van der Waals surface area contributed by atoms with Crippen molar-refractivity contribution in [1.82, 2.24) is 5.32 Å². The van der Waals surface area contributed by atoms with Gasteiger partial charge in [0.25, 0.3) is 5.91 Å². The summed E-state index contributed by atoms with van der Waals surface area (Å²) in [6, 6.07) is 14.6. The summed E-state index contributed by atoms with van der Waals surface area (Å²) < 4.78 is 10.6. The zero-order valence-corrected chi connectivity index (χ0v) is 16.8. The number of halogens is 1. The predicted molar refractivity (Wildman–Crippen MR) is 110 cm³/mol. The predicted octanol–water partition coefficient (Wildman–Crippen LogP) is 2.59. The highest BCUT2D eigenvalue weighted by Gasteiger charge is 2.28. The lowest BCUT2D eigenvalue weighted by molar-refractivity contribution is -0.131. The van der Waals surface area contributed by atoms with E-state index in [9.17, 15) is 9.90 Å². The number of methoxy groups -OCH3 is 1. The number of aliphatic hydroxyl groups is 1. The molecule has 154 valence electrons. The highest BCUT2D eigenvalue weighted by Crippen LogP contribution is 2.20. The lowest BCUT2D eigenvalue weighted by Gasteiger charge is -2.15. The monoisotopic (exact) mass is 418 g/mol. The summed E-state index contributed by atoms with van der Waals surface area (Å²) in [6.45, 7) is 0.0791. The molecule has 0 radical (unpaired) electrons. The Labute approximate surface area is 174 Å². The number of amides is 1. The fraction of sp³-hybridized carbons (Fsp3) is 0.333. The number of aliphatic hydroxyl groups excluding tert-OH is 1. The van der Waals surface area contributed by atoms with Gasteiger partial charge in [-0.25, -0.2) is 0 Å². The van der Waals surface area contributed by atoms with Gasteiger partial charge in [0.2, 0.25) is 6.10 Å². The molecule has 0 saturated carbocycles. The number of ether oxygens (including phenoxy) is 2. The zero-order chi connectivity index (χ0) is 20.6. The molecule has 0 spiro atoms. The first kappa shape index (κ1) is 21.0. The summed E-state index contributed by atoms with van der Waals surface area (Å²) in [6.07, 6.45) is -0.664. The Hall–Kier alpha value is -2.77. The lowest BCUT2D eigenvalue weighted by atomic mass is 10.0. The van der Waals surface area contributed by atoms with Crippen LogP contribution in [0.4, 0.5) is 0 Å². The van der Waals surface area contributed by atoms with E-state index in [2.05, 4.69) is 10.5 Å². The van der Waals surface area contributed by atoms with Gasteiger partial charge in [-0.15, -0.1) is 0 Å². The van der Waals surface area contributed by atoms with E-state index >= 15 is 0 Å². The van der Waals surface area contributed by atoms with Gasteiger partial charge in [0.1, 0.15) is 24.2 Å². The minimum atomic E-state index is -0.866. The molecule has 2 aromatic carbocycles. The van der Waals surface area contributed by atoms with Gasteiger partial charge >= 0.3 is 0 Å². The number of nitrogens with one attached hydrogen (secondary N) is 1. The summed E-state index contributed by atoms with van der Waals surface area (Å²) >= 11 is 6.16. The van der Waals surface area contributed by atoms with Crippen LogP contribution in [0, 0.1) is 0 Å². The zero-order valence-electron chi connectivity index (χ0n) is 16.0. The summed E-state index contributed by atoms with van der Waals surface area (Å²) in [7, 11) is 1.57. The van der Waals surface area contributed by atoms with Crippen molar-refractivity contribution in [2.75, 3.05) is 20.3 Å². The van der Waals surface area contributed by atoms with Crippen molar-refractivity contribution in [3.05, 3.63) is 59.1 Å². The summed E-state index contributed by atoms with van der Waals surface area (Å²) in [4.78, 5) is 17.5. The SMILES string of the molecule is COc1cccc(OC[C@@H](O)CNC(=O)[C@H]2CC(Cc3ccccc3Cl)=NO2)c1. The lowest BCUT2D eigenvalue weighted by Crippen LogP contribution is -2.40. The molecule has 2 N–H and O–H groups in total. The van der Waals surface area contributed by atoms with Crippen LogP contribution in [-0.2, 0) is 16.1 Å². The van der Waals surface area contributed by atoms with Crippen LogP contribution < -0.4 is 14.8 Å². The highest BCUT2D eigenvalue weighted by molar-refractivity contribution is 6.31. The van der Waals surface area contributed by atoms with E-state index in [4.69, 9.17) is 25.9 Å². The minimum absolute atomic E-state index is 0.0349. The van der Waals surface area contributed by atoms with Crippen LogP contribution in [0.2, 0.25) is 5.02 Å². The molecule has 8 heteroatoms. The molecule has 0 aliphatic carbocycles. The number of oxime groups is 1. The van der Waals surface area contributed by atoms with E-state index in [-0.39, 0.29) is 19.1 Å². The van der Waals surface area contributed by atoms with Crippen molar-refractivity contribution in [3.8, 4) is 11.5 Å². The number of hydrogen-bond donors (Lipinski definition) is 2. The molecule has 3 rings (SSSR count).